The summed E-state index contributed by atoms with van der Waals surface area (Å²) in [6.07, 6.45) is -3.50. The van der Waals surface area contributed by atoms with Gasteiger partial charge in [0.25, 0.3) is 0 Å². The molecule has 0 spiro atoms. The molecule has 0 saturated heterocycles. The second-order valence-electron chi connectivity index (χ2n) is 4.02. The Kier molecular flexibility index (Phi) is 4.59. The van der Waals surface area contributed by atoms with E-state index in [9.17, 15) is 13.2 Å². The van der Waals surface area contributed by atoms with E-state index in [1.807, 2.05) is 6.07 Å². The third-order valence-electron chi connectivity index (χ3n) is 2.52. The molecule has 2 N–H and O–H groups in total. The number of nitrogens with zero attached hydrogens (tertiary/aromatic N) is 1. The van der Waals surface area contributed by atoms with E-state index >= 15 is 0 Å². The van der Waals surface area contributed by atoms with Crippen LogP contribution in [0.25, 0.3) is 0 Å². The van der Waals surface area contributed by atoms with Gasteiger partial charge in [-0.3, -0.25) is 0 Å². The second-order valence-corrected chi connectivity index (χ2v) is 5.87. The third-order valence-corrected chi connectivity index (χ3v) is 4.25. The lowest BCUT2D eigenvalue weighted by Crippen LogP contribution is -2.05. The standard InChI is InChI=1S/C13H10BrF3N2S/c14-11-5-10(18)3-1-8(11)7-20-12-4-2-9(6-19-12)13(15,16)17/h1-6H,7,18H2. The minimum absolute atomic E-state index is 0.543. The number of nitrogen functional groups attached to an aromatic ring is 1. The van der Waals surface area contributed by atoms with Crippen molar-refractivity contribution in [3.8, 4) is 0 Å². The molecule has 1 aromatic carbocycles. The molecule has 7 heteroatoms. The summed E-state index contributed by atoms with van der Waals surface area (Å²) in [7, 11) is 0. The number of anilines is 1. The SMILES string of the molecule is Nc1ccc(CSc2ccc(C(F)(F)F)cn2)c(Br)c1. The zero-order valence-corrected chi connectivity index (χ0v) is 12.5. The summed E-state index contributed by atoms with van der Waals surface area (Å²) >= 11 is 4.76. The first-order chi connectivity index (χ1) is 9.36. The minimum atomic E-state index is -4.35. The number of pyridine rings is 1. The molecule has 0 aliphatic rings. The van der Waals surface area contributed by atoms with Crippen LogP contribution in [0.4, 0.5) is 18.9 Å². The maximum absolute atomic E-state index is 12.4. The Balaban J connectivity index is 2.04. The van der Waals surface area contributed by atoms with Crippen LogP contribution in [0.1, 0.15) is 11.1 Å². The molecule has 0 bridgehead atoms. The summed E-state index contributed by atoms with van der Waals surface area (Å²) in [6, 6.07) is 7.85. The first kappa shape index (κ1) is 15.2. The molecule has 1 aromatic heterocycles. The van der Waals surface area contributed by atoms with Crippen molar-refractivity contribution in [1.82, 2.24) is 4.98 Å². The van der Waals surface area contributed by atoms with Crippen LogP contribution in [0.3, 0.4) is 0 Å². The van der Waals surface area contributed by atoms with E-state index < -0.39 is 11.7 Å². The summed E-state index contributed by atoms with van der Waals surface area (Å²) in [6.45, 7) is 0. The fourth-order valence-electron chi connectivity index (χ4n) is 1.47. The summed E-state index contributed by atoms with van der Waals surface area (Å²) in [5.41, 5.74) is 6.55. The fourth-order valence-corrected chi connectivity index (χ4v) is 3.03. The van der Waals surface area contributed by atoms with Gasteiger partial charge in [0, 0.05) is 22.1 Å². The van der Waals surface area contributed by atoms with Crippen molar-refractivity contribution in [2.24, 2.45) is 0 Å². The molecule has 0 radical (unpaired) electrons. The smallest absolute Gasteiger partial charge is 0.399 e. The van der Waals surface area contributed by atoms with E-state index in [4.69, 9.17) is 5.73 Å². The van der Waals surface area contributed by atoms with Crippen LogP contribution < -0.4 is 5.73 Å². The first-order valence-corrected chi connectivity index (χ1v) is 7.34. The number of alkyl halides is 3. The second kappa shape index (κ2) is 6.05. The van der Waals surface area contributed by atoms with Crippen LogP contribution in [-0.4, -0.2) is 4.98 Å². The number of hydrogen-bond acceptors (Lipinski definition) is 3. The molecule has 2 rings (SSSR count). The van der Waals surface area contributed by atoms with Crippen molar-refractivity contribution < 1.29 is 13.2 Å². The normalized spacial score (nSPS) is 11.6. The molecular formula is C13H10BrF3N2S. The van der Waals surface area contributed by atoms with E-state index in [0.717, 1.165) is 22.3 Å². The molecule has 0 atom stereocenters. The van der Waals surface area contributed by atoms with Crippen LogP contribution in [0.2, 0.25) is 0 Å². The topological polar surface area (TPSA) is 38.9 Å². The highest BCUT2D eigenvalue weighted by molar-refractivity contribution is 9.10. The maximum atomic E-state index is 12.4. The van der Waals surface area contributed by atoms with Gasteiger partial charge >= 0.3 is 6.18 Å². The molecule has 0 aliphatic carbocycles. The van der Waals surface area contributed by atoms with Crippen LogP contribution >= 0.6 is 27.7 Å². The number of thioether (sulfide) groups is 1. The predicted octanol–water partition coefficient (Wildman–Crippen LogP) is 4.74. The maximum Gasteiger partial charge on any atom is 0.417 e. The van der Waals surface area contributed by atoms with Gasteiger partial charge in [-0.25, -0.2) is 4.98 Å². The average molecular weight is 363 g/mol. The Labute approximate surface area is 126 Å². The van der Waals surface area contributed by atoms with Gasteiger partial charge in [0.2, 0.25) is 0 Å². The average Bonchev–Trinajstić information content (AvgIpc) is 2.37. The quantitative estimate of drug-likeness (QED) is 0.633. The Morgan fingerprint density at radius 2 is 1.95 bits per heavy atom. The molecule has 0 fully saturated rings. The van der Waals surface area contributed by atoms with Gasteiger partial charge in [-0.15, -0.1) is 11.8 Å². The van der Waals surface area contributed by atoms with Gasteiger partial charge in [-0.1, -0.05) is 22.0 Å². The first-order valence-electron chi connectivity index (χ1n) is 5.56. The number of nitrogens with two attached hydrogens (primary N) is 1. The predicted molar refractivity (Wildman–Crippen MR) is 77.4 cm³/mol. The van der Waals surface area contributed by atoms with E-state index in [0.29, 0.717) is 16.5 Å². The van der Waals surface area contributed by atoms with Crippen LogP contribution in [0.15, 0.2) is 46.0 Å². The Bertz CT molecular complexity index is 600. The number of hydrogen-bond donors (Lipinski definition) is 1. The Hall–Kier alpha value is -1.21. The lowest BCUT2D eigenvalue weighted by Gasteiger charge is -2.07. The van der Waals surface area contributed by atoms with Crippen molar-refractivity contribution in [2.75, 3.05) is 5.73 Å². The summed E-state index contributed by atoms with van der Waals surface area (Å²) < 4.78 is 38.1. The summed E-state index contributed by atoms with van der Waals surface area (Å²) in [5.74, 6) is 0.596. The highest BCUT2D eigenvalue weighted by Gasteiger charge is 2.30. The van der Waals surface area contributed by atoms with E-state index in [-0.39, 0.29) is 0 Å². The lowest BCUT2D eigenvalue weighted by molar-refractivity contribution is -0.137. The molecule has 106 valence electrons. The van der Waals surface area contributed by atoms with Gasteiger partial charge in [0.1, 0.15) is 0 Å². The Morgan fingerprint density at radius 1 is 1.20 bits per heavy atom. The molecule has 20 heavy (non-hydrogen) atoms. The zero-order chi connectivity index (χ0) is 14.8. The molecule has 0 amide bonds. The summed E-state index contributed by atoms with van der Waals surface area (Å²) in [5, 5.41) is 0.543. The highest BCUT2D eigenvalue weighted by Crippen LogP contribution is 2.31. The van der Waals surface area contributed by atoms with Crippen LogP contribution in [0, 0.1) is 0 Å². The summed E-state index contributed by atoms with van der Waals surface area (Å²) in [4.78, 5) is 3.81. The van der Waals surface area contributed by atoms with Crippen LogP contribution in [-0.2, 0) is 11.9 Å². The van der Waals surface area contributed by atoms with E-state index in [1.165, 1.54) is 17.8 Å². The third kappa shape index (κ3) is 3.89. The van der Waals surface area contributed by atoms with Crippen molar-refractivity contribution >= 4 is 33.4 Å². The lowest BCUT2D eigenvalue weighted by atomic mass is 10.2. The van der Waals surface area contributed by atoms with Gasteiger partial charge < -0.3 is 5.73 Å². The van der Waals surface area contributed by atoms with Crippen molar-refractivity contribution in [3.05, 3.63) is 52.1 Å². The van der Waals surface area contributed by atoms with Crippen LogP contribution in [0.5, 0.6) is 0 Å². The minimum Gasteiger partial charge on any atom is -0.399 e. The fraction of sp³-hybridized carbons (Fsp3) is 0.154. The van der Waals surface area contributed by atoms with Crippen molar-refractivity contribution in [3.63, 3.8) is 0 Å². The molecule has 2 nitrogen and oxygen atoms in total. The molecule has 1 heterocycles. The molecule has 2 aromatic rings. The number of rotatable bonds is 3. The van der Waals surface area contributed by atoms with Crippen molar-refractivity contribution in [2.45, 2.75) is 17.0 Å². The molecular weight excluding hydrogens is 353 g/mol. The van der Waals surface area contributed by atoms with Gasteiger partial charge in [-0.2, -0.15) is 13.2 Å². The largest absolute Gasteiger partial charge is 0.417 e. The molecule has 0 aliphatic heterocycles. The Morgan fingerprint density at radius 3 is 2.50 bits per heavy atom. The highest BCUT2D eigenvalue weighted by atomic mass is 79.9. The van der Waals surface area contributed by atoms with Gasteiger partial charge in [-0.05, 0) is 29.8 Å². The van der Waals surface area contributed by atoms with E-state index in [2.05, 4.69) is 20.9 Å². The van der Waals surface area contributed by atoms with Gasteiger partial charge in [0.05, 0.1) is 10.6 Å². The molecule has 0 unspecified atom stereocenters. The van der Waals surface area contributed by atoms with Crippen molar-refractivity contribution in [1.29, 1.82) is 0 Å². The van der Waals surface area contributed by atoms with E-state index in [1.54, 1.807) is 12.1 Å². The zero-order valence-electron chi connectivity index (χ0n) is 10.1. The number of benzene rings is 1. The number of aromatic nitrogens is 1. The monoisotopic (exact) mass is 362 g/mol. The van der Waals surface area contributed by atoms with Gasteiger partial charge in [0.15, 0.2) is 0 Å². The number of halogens is 4. The molecule has 0 saturated carbocycles.